The number of rotatable bonds is 1. The number of nitrogens with zero attached hydrogens (tertiary/aromatic N) is 2. The van der Waals surface area contributed by atoms with E-state index in [1.54, 1.807) is 23.9 Å². The molecule has 2 nitrogen and oxygen atoms in total. The third-order valence-electron chi connectivity index (χ3n) is 3.91. The molecule has 0 N–H and O–H groups in total. The van der Waals surface area contributed by atoms with Crippen LogP contribution in [0.4, 0.5) is 8.78 Å². The van der Waals surface area contributed by atoms with E-state index in [4.69, 9.17) is 4.11 Å². The maximum Gasteiger partial charge on any atom is 0.168 e. The first-order valence-corrected chi connectivity index (χ1v) is 5.91. The summed E-state index contributed by atoms with van der Waals surface area (Å²) in [7, 11) is 1.54. The average Bonchev–Trinajstić information content (AvgIpc) is 2.81. The molecule has 3 rings (SSSR count). The van der Waals surface area contributed by atoms with Gasteiger partial charge in [-0.3, -0.25) is 0 Å². The van der Waals surface area contributed by atoms with Crippen LogP contribution in [0.1, 0.15) is 22.5 Å². The Hall–Kier alpha value is -1.42. The first kappa shape index (κ1) is 8.64. The third-order valence-corrected chi connectivity index (χ3v) is 3.91. The Bertz CT molecular complexity index is 708. The van der Waals surface area contributed by atoms with Crippen LogP contribution in [0.3, 0.4) is 0 Å². The highest BCUT2D eigenvalue weighted by molar-refractivity contribution is 5.85. The second-order valence-electron chi connectivity index (χ2n) is 4.96. The maximum atomic E-state index is 13.8. The average molecular weight is 253 g/mol. The minimum Gasteiger partial charge on any atom is -0.346 e. The van der Waals surface area contributed by atoms with E-state index >= 15 is 0 Å². The summed E-state index contributed by atoms with van der Waals surface area (Å²) in [5.41, 5.74) is 1.32. The molecule has 0 saturated carbocycles. The van der Waals surface area contributed by atoms with Crippen molar-refractivity contribution in [2.45, 2.75) is 25.4 Å². The van der Waals surface area contributed by atoms with Gasteiger partial charge < -0.3 is 9.47 Å². The minimum absolute atomic E-state index is 0.199. The van der Waals surface area contributed by atoms with Crippen LogP contribution in [0, 0.1) is 11.6 Å². The number of hydrogen-bond acceptors (Lipinski definition) is 1. The van der Waals surface area contributed by atoms with Crippen molar-refractivity contribution in [2.75, 3.05) is 14.0 Å². The van der Waals surface area contributed by atoms with Crippen molar-refractivity contribution >= 4 is 10.9 Å². The van der Waals surface area contributed by atoms with Gasteiger partial charge in [-0.25, -0.2) is 8.78 Å². The Labute approximate surface area is 109 Å². The van der Waals surface area contributed by atoms with E-state index < -0.39 is 18.6 Å². The van der Waals surface area contributed by atoms with Crippen molar-refractivity contribution in [3.8, 4) is 0 Å². The molecule has 0 radical (unpaired) electrons. The predicted molar refractivity (Wildman–Crippen MR) is 67.7 cm³/mol. The summed E-state index contributed by atoms with van der Waals surface area (Å²) in [4.78, 5) is 1.33. The van der Waals surface area contributed by atoms with Crippen molar-refractivity contribution in [3.63, 3.8) is 0 Å². The zero-order chi connectivity index (χ0) is 15.5. The monoisotopic (exact) mass is 253 g/mol. The Balaban J connectivity index is 2.15. The standard InChI is InChI=1S/C14H16F2N2/c1-8-10-6-11(15)13(16)9-4-5-18(14(9)10)7-12(8)17(2)3/h4-6,8,12H,7H2,1-3H3/t8-,12+/m0/s1/i2D3. The van der Waals surface area contributed by atoms with Crippen molar-refractivity contribution in [1.82, 2.24) is 9.47 Å². The fourth-order valence-corrected chi connectivity index (χ4v) is 2.89. The summed E-state index contributed by atoms with van der Waals surface area (Å²) in [6, 6.07) is 2.44. The molecule has 2 aromatic rings. The van der Waals surface area contributed by atoms with Crippen LogP contribution in [-0.4, -0.2) is 29.5 Å². The van der Waals surface area contributed by atoms with Crippen LogP contribution in [0.25, 0.3) is 10.9 Å². The summed E-state index contributed by atoms with van der Waals surface area (Å²) >= 11 is 0. The van der Waals surface area contributed by atoms with E-state index in [-0.39, 0.29) is 17.3 Å². The number of hydrogen-bond donors (Lipinski definition) is 0. The van der Waals surface area contributed by atoms with Gasteiger partial charge in [0.2, 0.25) is 0 Å². The van der Waals surface area contributed by atoms with Crippen LogP contribution in [-0.2, 0) is 6.54 Å². The van der Waals surface area contributed by atoms with Crippen LogP contribution in [0.5, 0.6) is 0 Å². The maximum absolute atomic E-state index is 13.8. The molecule has 0 unspecified atom stereocenters. The predicted octanol–water partition coefficient (Wildman–Crippen LogP) is 2.97. The third kappa shape index (κ3) is 1.42. The van der Waals surface area contributed by atoms with E-state index in [1.165, 1.54) is 11.0 Å². The van der Waals surface area contributed by atoms with E-state index in [2.05, 4.69) is 0 Å². The molecule has 0 bridgehead atoms. The van der Waals surface area contributed by atoms with Crippen molar-refractivity contribution < 1.29 is 12.9 Å². The molecular formula is C14H16F2N2. The molecule has 4 heteroatoms. The zero-order valence-corrected chi connectivity index (χ0v) is 10.2. The van der Waals surface area contributed by atoms with Gasteiger partial charge in [0.15, 0.2) is 11.6 Å². The van der Waals surface area contributed by atoms with Gasteiger partial charge in [0.1, 0.15) is 0 Å². The second-order valence-corrected chi connectivity index (χ2v) is 4.96. The Morgan fingerprint density at radius 3 is 3.00 bits per heavy atom. The minimum atomic E-state index is -2.22. The molecule has 0 saturated heterocycles. The van der Waals surface area contributed by atoms with Gasteiger partial charge in [-0.1, -0.05) is 6.92 Å². The summed E-state index contributed by atoms with van der Waals surface area (Å²) in [5.74, 6) is -1.93. The molecule has 0 amide bonds. The van der Waals surface area contributed by atoms with Crippen LogP contribution in [0.15, 0.2) is 18.3 Å². The smallest absolute Gasteiger partial charge is 0.168 e. The van der Waals surface area contributed by atoms with Crippen LogP contribution in [0.2, 0.25) is 0 Å². The molecule has 96 valence electrons. The summed E-state index contributed by atoms with van der Waals surface area (Å²) in [6.45, 7) is 0.0778. The lowest BCUT2D eigenvalue weighted by Crippen LogP contribution is -2.39. The largest absolute Gasteiger partial charge is 0.346 e. The molecule has 1 aliphatic rings. The highest BCUT2D eigenvalue weighted by Gasteiger charge is 2.30. The molecule has 1 aromatic heterocycles. The molecular weight excluding hydrogens is 234 g/mol. The molecule has 2 heterocycles. The van der Waals surface area contributed by atoms with E-state index in [0.29, 0.717) is 17.6 Å². The Morgan fingerprint density at radius 2 is 2.28 bits per heavy atom. The number of aromatic nitrogens is 1. The lowest BCUT2D eigenvalue weighted by Gasteiger charge is -2.35. The van der Waals surface area contributed by atoms with E-state index in [9.17, 15) is 8.78 Å². The molecule has 0 fully saturated rings. The molecule has 0 spiro atoms. The molecule has 0 aliphatic carbocycles. The lowest BCUT2D eigenvalue weighted by molar-refractivity contribution is 0.228. The summed E-state index contributed by atoms with van der Waals surface area (Å²) in [5, 5.41) is 0.256. The second kappa shape index (κ2) is 3.79. The topological polar surface area (TPSA) is 8.17 Å². The summed E-state index contributed by atoms with van der Waals surface area (Å²) in [6.07, 6.45) is 1.68. The number of halogens is 2. The van der Waals surface area contributed by atoms with Gasteiger partial charge >= 0.3 is 0 Å². The van der Waals surface area contributed by atoms with Gasteiger partial charge in [-0.15, -0.1) is 0 Å². The fraction of sp³-hybridized carbons (Fsp3) is 0.429. The highest BCUT2D eigenvalue weighted by atomic mass is 19.2. The van der Waals surface area contributed by atoms with Gasteiger partial charge in [0.25, 0.3) is 0 Å². The molecule has 1 aliphatic heterocycles. The Kier molecular flexibility index (Phi) is 1.82. The quantitative estimate of drug-likeness (QED) is 0.758. The first-order valence-electron chi connectivity index (χ1n) is 7.41. The first-order chi connectivity index (χ1) is 9.71. The normalized spacial score (nSPS) is 26.2. The van der Waals surface area contributed by atoms with Crippen LogP contribution >= 0.6 is 0 Å². The van der Waals surface area contributed by atoms with Crippen molar-refractivity contribution in [3.05, 3.63) is 35.5 Å². The Morgan fingerprint density at radius 1 is 1.50 bits per heavy atom. The van der Waals surface area contributed by atoms with Crippen LogP contribution < -0.4 is 0 Å². The van der Waals surface area contributed by atoms with Gasteiger partial charge in [0, 0.05) is 34.2 Å². The summed E-state index contributed by atoms with van der Waals surface area (Å²) < 4.78 is 52.0. The van der Waals surface area contributed by atoms with Gasteiger partial charge in [0.05, 0.1) is 5.52 Å². The van der Waals surface area contributed by atoms with E-state index in [1.807, 2.05) is 6.92 Å². The van der Waals surface area contributed by atoms with Gasteiger partial charge in [-0.2, -0.15) is 0 Å². The lowest BCUT2D eigenvalue weighted by atomic mass is 9.88. The van der Waals surface area contributed by atoms with Crippen molar-refractivity contribution in [2.24, 2.45) is 0 Å². The highest BCUT2D eigenvalue weighted by Crippen LogP contribution is 2.37. The van der Waals surface area contributed by atoms with E-state index in [0.717, 1.165) is 0 Å². The number of benzene rings is 1. The zero-order valence-electron chi connectivity index (χ0n) is 13.2. The van der Waals surface area contributed by atoms with Crippen molar-refractivity contribution in [1.29, 1.82) is 0 Å². The SMILES string of the molecule is [2H]C([2H])([2H])N(C)[C@@H]1Cn2ccc3c(F)c(F)cc(c32)[C@@H]1C. The number of likely N-dealkylation sites (N-methyl/N-ethyl adjacent to an activating group) is 1. The fourth-order valence-electron chi connectivity index (χ4n) is 2.89. The molecule has 18 heavy (non-hydrogen) atoms. The molecule has 2 atom stereocenters. The van der Waals surface area contributed by atoms with Gasteiger partial charge in [-0.05, 0) is 31.7 Å². The molecule has 1 aromatic carbocycles.